The van der Waals surface area contributed by atoms with E-state index >= 15 is 0 Å². The first-order valence-corrected chi connectivity index (χ1v) is 7.29. The first kappa shape index (κ1) is 16.0. The third kappa shape index (κ3) is 4.85. The van der Waals surface area contributed by atoms with Crippen molar-refractivity contribution in [2.45, 2.75) is 12.5 Å². The number of anilines is 1. The minimum atomic E-state index is -1.17. The Morgan fingerprint density at radius 2 is 1.91 bits per heavy atom. The van der Waals surface area contributed by atoms with E-state index in [1.165, 1.54) is 6.20 Å². The van der Waals surface area contributed by atoms with Gasteiger partial charge in [0.15, 0.2) is 0 Å². The van der Waals surface area contributed by atoms with Gasteiger partial charge in [0.2, 0.25) is 5.91 Å². The molecule has 1 atom stereocenters. The van der Waals surface area contributed by atoms with Gasteiger partial charge in [0.05, 0.1) is 24.3 Å². The summed E-state index contributed by atoms with van der Waals surface area (Å²) in [6.45, 7) is 0. The average molecular weight is 364 g/mol. The zero-order valence-electron chi connectivity index (χ0n) is 11.5. The summed E-state index contributed by atoms with van der Waals surface area (Å²) in [4.78, 5) is 27.0. The number of benzene rings is 1. The molecule has 22 heavy (non-hydrogen) atoms. The van der Waals surface area contributed by atoms with Crippen molar-refractivity contribution in [2.24, 2.45) is 0 Å². The SMILES string of the molecule is O=C(O)NC(CC(=O)Nc1ccc(Br)nc1)c1ccccc1. The maximum absolute atomic E-state index is 12.1. The van der Waals surface area contributed by atoms with Gasteiger partial charge in [0.1, 0.15) is 4.60 Å². The number of amides is 2. The van der Waals surface area contributed by atoms with Gasteiger partial charge in [-0.15, -0.1) is 0 Å². The van der Waals surface area contributed by atoms with Crippen LogP contribution in [0.2, 0.25) is 0 Å². The predicted molar refractivity (Wildman–Crippen MR) is 85.5 cm³/mol. The molecule has 0 aliphatic rings. The summed E-state index contributed by atoms with van der Waals surface area (Å²) in [5.74, 6) is -0.299. The number of rotatable bonds is 5. The number of carbonyl (C=O) groups excluding carboxylic acids is 1. The molecule has 0 aliphatic heterocycles. The van der Waals surface area contributed by atoms with Gasteiger partial charge in [0, 0.05) is 0 Å². The Bertz CT molecular complexity index is 647. The Kier molecular flexibility index (Phi) is 5.48. The summed E-state index contributed by atoms with van der Waals surface area (Å²) in [6, 6.07) is 11.8. The van der Waals surface area contributed by atoms with E-state index in [1.807, 2.05) is 6.07 Å². The molecule has 1 aromatic carbocycles. The van der Waals surface area contributed by atoms with Crippen molar-refractivity contribution >= 4 is 33.6 Å². The highest BCUT2D eigenvalue weighted by atomic mass is 79.9. The van der Waals surface area contributed by atoms with Crippen molar-refractivity contribution < 1.29 is 14.7 Å². The maximum atomic E-state index is 12.1. The van der Waals surface area contributed by atoms with Gasteiger partial charge >= 0.3 is 6.09 Å². The van der Waals surface area contributed by atoms with E-state index in [0.29, 0.717) is 10.3 Å². The fourth-order valence-corrected chi connectivity index (χ4v) is 2.17. The van der Waals surface area contributed by atoms with Crippen LogP contribution >= 0.6 is 15.9 Å². The summed E-state index contributed by atoms with van der Waals surface area (Å²) >= 11 is 3.21. The van der Waals surface area contributed by atoms with E-state index in [1.54, 1.807) is 36.4 Å². The highest BCUT2D eigenvalue weighted by Gasteiger charge is 2.18. The highest BCUT2D eigenvalue weighted by Crippen LogP contribution is 2.18. The Morgan fingerprint density at radius 3 is 2.50 bits per heavy atom. The molecular formula is C15H14BrN3O3. The van der Waals surface area contributed by atoms with Crippen molar-refractivity contribution in [1.29, 1.82) is 0 Å². The zero-order valence-corrected chi connectivity index (χ0v) is 13.1. The number of nitrogens with one attached hydrogen (secondary N) is 2. The summed E-state index contributed by atoms with van der Waals surface area (Å²) in [5, 5.41) is 14.0. The lowest BCUT2D eigenvalue weighted by Crippen LogP contribution is -2.30. The number of carbonyl (C=O) groups is 2. The minimum Gasteiger partial charge on any atom is -0.465 e. The molecule has 0 spiro atoms. The minimum absolute atomic E-state index is 0.00756. The molecule has 114 valence electrons. The maximum Gasteiger partial charge on any atom is 0.405 e. The Labute approximate surface area is 135 Å². The van der Waals surface area contributed by atoms with Gasteiger partial charge in [-0.3, -0.25) is 4.79 Å². The van der Waals surface area contributed by atoms with Crippen LogP contribution < -0.4 is 10.6 Å². The van der Waals surface area contributed by atoms with Crippen LogP contribution in [0.4, 0.5) is 10.5 Å². The monoisotopic (exact) mass is 363 g/mol. The largest absolute Gasteiger partial charge is 0.465 e. The van der Waals surface area contributed by atoms with Crippen molar-refractivity contribution in [3.05, 3.63) is 58.8 Å². The molecule has 0 aliphatic carbocycles. The van der Waals surface area contributed by atoms with Gasteiger partial charge in [-0.05, 0) is 33.6 Å². The van der Waals surface area contributed by atoms with Crippen LogP contribution in [0.1, 0.15) is 18.0 Å². The van der Waals surface area contributed by atoms with Crippen LogP contribution in [0.5, 0.6) is 0 Å². The third-order valence-corrected chi connectivity index (χ3v) is 3.37. The van der Waals surface area contributed by atoms with E-state index in [0.717, 1.165) is 5.56 Å². The molecule has 0 saturated heterocycles. The molecule has 7 heteroatoms. The second kappa shape index (κ2) is 7.56. The molecule has 1 aromatic heterocycles. The van der Waals surface area contributed by atoms with Crippen molar-refractivity contribution in [2.75, 3.05) is 5.32 Å². The predicted octanol–water partition coefficient (Wildman–Crippen LogP) is 3.18. The Hall–Kier alpha value is -2.41. The molecule has 6 nitrogen and oxygen atoms in total. The fourth-order valence-electron chi connectivity index (χ4n) is 1.93. The van der Waals surface area contributed by atoms with E-state index in [9.17, 15) is 9.59 Å². The average Bonchev–Trinajstić information content (AvgIpc) is 2.49. The number of halogens is 1. The van der Waals surface area contributed by atoms with Crippen molar-refractivity contribution in [3.63, 3.8) is 0 Å². The molecule has 1 heterocycles. The first-order valence-electron chi connectivity index (χ1n) is 6.50. The molecule has 3 N–H and O–H groups in total. The molecule has 1 unspecified atom stereocenters. The molecule has 2 rings (SSSR count). The molecule has 0 fully saturated rings. The third-order valence-electron chi connectivity index (χ3n) is 2.90. The van der Waals surface area contributed by atoms with E-state index in [2.05, 4.69) is 31.5 Å². The van der Waals surface area contributed by atoms with Gasteiger partial charge in [-0.1, -0.05) is 30.3 Å². The molecular weight excluding hydrogens is 350 g/mol. The molecule has 0 saturated carbocycles. The van der Waals surface area contributed by atoms with Crippen molar-refractivity contribution in [1.82, 2.24) is 10.3 Å². The van der Waals surface area contributed by atoms with Crippen LogP contribution in [-0.2, 0) is 4.79 Å². The smallest absolute Gasteiger partial charge is 0.405 e. The number of nitrogens with zero attached hydrogens (tertiary/aromatic N) is 1. The van der Waals surface area contributed by atoms with Crippen molar-refractivity contribution in [3.8, 4) is 0 Å². The van der Waals surface area contributed by atoms with Gasteiger partial charge in [-0.2, -0.15) is 0 Å². The topological polar surface area (TPSA) is 91.3 Å². The Balaban J connectivity index is 2.04. The summed E-state index contributed by atoms with van der Waals surface area (Å²) in [6.07, 6.45) is 0.336. The van der Waals surface area contributed by atoms with Crippen LogP contribution in [0.15, 0.2) is 53.3 Å². The molecule has 2 aromatic rings. The van der Waals surface area contributed by atoms with E-state index in [-0.39, 0.29) is 12.3 Å². The standard InChI is InChI=1S/C15H14BrN3O3/c16-13-7-6-11(9-17-13)18-14(20)8-12(19-15(21)22)10-4-2-1-3-5-10/h1-7,9,12,19H,8H2,(H,18,20)(H,21,22). The number of pyridine rings is 1. The zero-order chi connectivity index (χ0) is 15.9. The lowest BCUT2D eigenvalue weighted by molar-refractivity contribution is -0.116. The number of hydrogen-bond acceptors (Lipinski definition) is 3. The van der Waals surface area contributed by atoms with Crippen LogP contribution in [0.25, 0.3) is 0 Å². The lowest BCUT2D eigenvalue weighted by atomic mass is 10.0. The number of hydrogen-bond donors (Lipinski definition) is 3. The van der Waals surface area contributed by atoms with E-state index < -0.39 is 12.1 Å². The van der Waals surface area contributed by atoms with Gasteiger partial charge in [-0.25, -0.2) is 9.78 Å². The van der Waals surface area contributed by atoms with Crippen LogP contribution in [0, 0.1) is 0 Å². The van der Waals surface area contributed by atoms with E-state index in [4.69, 9.17) is 5.11 Å². The van der Waals surface area contributed by atoms with Gasteiger partial charge < -0.3 is 15.7 Å². The molecule has 0 bridgehead atoms. The Morgan fingerprint density at radius 1 is 1.18 bits per heavy atom. The highest BCUT2D eigenvalue weighted by molar-refractivity contribution is 9.10. The van der Waals surface area contributed by atoms with Crippen LogP contribution in [0.3, 0.4) is 0 Å². The second-order valence-electron chi connectivity index (χ2n) is 4.53. The summed E-state index contributed by atoms with van der Waals surface area (Å²) in [7, 11) is 0. The van der Waals surface area contributed by atoms with Gasteiger partial charge in [0.25, 0.3) is 0 Å². The quantitative estimate of drug-likeness (QED) is 0.711. The summed E-state index contributed by atoms with van der Waals surface area (Å²) in [5.41, 5.74) is 1.28. The fraction of sp³-hybridized carbons (Fsp3) is 0.133. The number of carboxylic acid groups (broad SMARTS) is 1. The lowest BCUT2D eigenvalue weighted by Gasteiger charge is -2.17. The second-order valence-corrected chi connectivity index (χ2v) is 5.35. The number of aromatic nitrogens is 1. The molecule has 2 amide bonds. The summed E-state index contributed by atoms with van der Waals surface area (Å²) < 4.78 is 0.667. The van der Waals surface area contributed by atoms with Crippen LogP contribution in [-0.4, -0.2) is 22.1 Å². The molecule has 0 radical (unpaired) electrons. The normalized spacial score (nSPS) is 11.5. The first-order chi connectivity index (χ1) is 10.5.